The number of amides is 1. The van der Waals surface area contributed by atoms with Crippen LogP contribution in [0.1, 0.15) is 52.4 Å². The summed E-state index contributed by atoms with van der Waals surface area (Å²) in [7, 11) is 0. The second-order valence-corrected chi connectivity index (χ2v) is 6.27. The molecule has 1 aliphatic rings. The molecular formula is C17H35N5O. The van der Waals surface area contributed by atoms with Crippen LogP contribution in [0.2, 0.25) is 0 Å². The molecule has 0 radical (unpaired) electrons. The Hall–Kier alpha value is -1.30. The van der Waals surface area contributed by atoms with Crippen LogP contribution in [0.4, 0.5) is 0 Å². The first kappa shape index (κ1) is 19.7. The topological polar surface area (TPSA) is 82.8 Å². The number of nitrogens with one attached hydrogen (secondary N) is 2. The van der Waals surface area contributed by atoms with Gasteiger partial charge in [0.15, 0.2) is 5.96 Å². The van der Waals surface area contributed by atoms with E-state index >= 15 is 0 Å². The summed E-state index contributed by atoms with van der Waals surface area (Å²) in [6.45, 7) is 10.1. The predicted octanol–water partition coefficient (Wildman–Crippen LogP) is 1.32. The molecule has 134 valence electrons. The maximum Gasteiger partial charge on any atom is 0.220 e. The molecule has 0 aromatic carbocycles. The van der Waals surface area contributed by atoms with E-state index in [9.17, 15) is 4.79 Å². The van der Waals surface area contributed by atoms with Crippen molar-refractivity contribution >= 4 is 11.9 Å². The lowest BCUT2D eigenvalue weighted by Crippen LogP contribution is -2.39. The summed E-state index contributed by atoms with van der Waals surface area (Å²) in [5, 5.41) is 6.64. The monoisotopic (exact) mass is 325 g/mol. The summed E-state index contributed by atoms with van der Waals surface area (Å²) in [6.07, 6.45) is 6.45. The number of nitrogens with two attached hydrogens (primary N) is 1. The molecule has 1 aliphatic heterocycles. The summed E-state index contributed by atoms with van der Waals surface area (Å²) in [5.74, 6) is 0.890. The van der Waals surface area contributed by atoms with Gasteiger partial charge in [0.05, 0.1) is 0 Å². The smallest absolute Gasteiger partial charge is 0.220 e. The van der Waals surface area contributed by atoms with Crippen molar-refractivity contribution in [2.45, 2.75) is 52.4 Å². The lowest BCUT2D eigenvalue weighted by Gasteiger charge is -2.30. The van der Waals surface area contributed by atoms with Crippen LogP contribution in [-0.4, -0.2) is 56.0 Å². The van der Waals surface area contributed by atoms with Gasteiger partial charge in [-0.25, -0.2) is 0 Å². The van der Waals surface area contributed by atoms with Crippen molar-refractivity contribution in [2.24, 2.45) is 16.6 Å². The Labute approximate surface area is 141 Å². The van der Waals surface area contributed by atoms with E-state index in [1.54, 1.807) is 0 Å². The zero-order valence-corrected chi connectivity index (χ0v) is 14.9. The third-order valence-corrected chi connectivity index (χ3v) is 4.31. The summed E-state index contributed by atoms with van der Waals surface area (Å²) in [6, 6.07) is 0. The van der Waals surface area contributed by atoms with Gasteiger partial charge in [0.2, 0.25) is 5.91 Å². The van der Waals surface area contributed by atoms with Crippen molar-refractivity contribution < 1.29 is 4.79 Å². The molecule has 0 aromatic rings. The molecule has 23 heavy (non-hydrogen) atoms. The van der Waals surface area contributed by atoms with Crippen LogP contribution in [-0.2, 0) is 4.79 Å². The number of hydrogen-bond acceptors (Lipinski definition) is 3. The zero-order valence-electron chi connectivity index (χ0n) is 14.9. The van der Waals surface area contributed by atoms with Crippen molar-refractivity contribution in [3.05, 3.63) is 0 Å². The lowest BCUT2D eigenvalue weighted by molar-refractivity contribution is -0.123. The van der Waals surface area contributed by atoms with Gasteiger partial charge in [-0.2, -0.15) is 0 Å². The van der Waals surface area contributed by atoms with E-state index in [0.29, 0.717) is 0 Å². The first-order chi connectivity index (χ1) is 11.2. The van der Waals surface area contributed by atoms with Crippen LogP contribution < -0.4 is 16.4 Å². The molecule has 4 N–H and O–H groups in total. The van der Waals surface area contributed by atoms with Gasteiger partial charge < -0.3 is 21.3 Å². The average molecular weight is 326 g/mol. The number of aliphatic imine (C=N–C) groups is 1. The van der Waals surface area contributed by atoms with Gasteiger partial charge in [-0.05, 0) is 58.7 Å². The molecule has 6 heteroatoms. The highest BCUT2D eigenvalue weighted by atomic mass is 16.1. The van der Waals surface area contributed by atoms with E-state index in [1.807, 2.05) is 0 Å². The normalized spacial score (nSPS) is 17.2. The van der Waals surface area contributed by atoms with E-state index < -0.39 is 0 Å². The number of nitrogens with zero attached hydrogens (tertiary/aromatic N) is 2. The quantitative estimate of drug-likeness (QED) is 0.321. The summed E-state index contributed by atoms with van der Waals surface area (Å²) < 4.78 is 0. The molecule has 0 saturated carbocycles. The molecule has 1 heterocycles. The molecule has 1 fully saturated rings. The van der Waals surface area contributed by atoms with Crippen molar-refractivity contribution in [3.63, 3.8) is 0 Å². The fourth-order valence-electron chi connectivity index (χ4n) is 2.80. The third kappa shape index (κ3) is 8.79. The van der Waals surface area contributed by atoms with Gasteiger partial charge in [-0.1, -0.05) is 13.3 Å². The minimum absolute atomic E-state index is 0.0905. The number of unbranched alkanes of at least 4 members (excludes halogenated alkanes) is 2. The Balaban J connectivity index is 2.13. The fourth-order valence-corrected chi connectivity index (χ4v) is 2.80. The van der Waals surface area contributed by atoms with Crippen LogP contribution in [0, 0.1) is 5.92 Å². The maximum atomic E-state index is 11.1. The Morgan fingerprint density at radius 3 is 2.52 bits per heavy atom. The maximum absolute atomic E-state index is 11.1. The molecule has 0 aliphatic carbocycles. The van der Waals surface area contributed by atoms with E-state index in [0.717, 1.165) is 70.9 Å². The van der Waals surface area contributed by atoms with Gasteiger partial charge in [-0.3, -0.25) is 9.79 Å². The van der Waals surface area contributed by atoms with Crippen LogP contribution >= 0.6 is 0 Å². The SMILES string of the molecule is CCCCNC(=NCCCCN1CCC(C(N)=O)CC1)NCC. The van der Waals surface area contributed by atoms with Crippen LogP contribution in [0.25, 0.3) is 0 Å². The van der Waals surface area contributed by atoms with E-state index in [1.165, 1.54) is 12.8 Å². The van der Waals surface area contributed by atoms with Crippen LogP contribution in [0.15, 0.2) is 4.99 Å². The molecule has 1 amide bonds. The number of primary amides is 1. The summed E-state index contributed by atoms with van der Waals surface area (Å²) >= 11 is 0. The highest BCUT2D eigenvalue weighted by molar-refractivity contribution is 5.79. The largest absolute Gasteiger partial charge is 0.369 e. The van der Waals surface area contributed by atoms with E-state index in [2.05, 4.69) is 34.4 Å². The number of piperidine rings is 1. The van der Waals surface area contributed by atoms with Gasteiger partial charge in [0.25, 0.3) is 0 Å². The molecule has 0 atom stereocenters. The standard InChI is InChI=1S/C17H35N5O/c1-3-5-10-20-17(19-4-2)21-11-6-7-12-22-13-8-15(9-14-22)16(18)23/h15H,3-14H2,1-2H3,(H2,18,23)(H2,19,20,21). The Morgan fingerprint density at radius 1 is 1.17 bits per heavy atom. The Morgan fingerprint density at radius 2 is 1.91 bits per heavy atom. The summed E-state index contributed by atoms with van der Waals surface area (Å²) in [5.41, 5.74) is 5.36. The molecule has 6 nitrogen and oxygen atoms in total. The van der Waals surface area contributed by atoms with E-state index in [-0.39, 0.29) is 11.8 Å². The van der Waals surface area contributed by atoms with Crippen molar-refractivity contribution in [1.82, 2.24) is 15.5 Å². The Bertz CT molecular complexity index is 351. The first-order valence-corrected chi connectivity index (χ1v) is 9.21. The molecule has 0 unspecified atom stereocenters. The molecule has 1 saturated heterocycles. The fraction of sp³-hybridized carbons (Fsp3) is 0.882. The minimum atomic E-state index is -0.134. The Kier molecular flexibility index (Phi) is 10.4. The molecule has 0 spiro atoms. The number of guanidine groups is 1. The summed E-state index contributed by atoms with van der Waals surface area (Å²) in [4.78, 5) is 18.2. The molecule has 0 bridgehead atoms. The van der Waals surface area contributed by atoms with Gasteiger partial charge in [0.1, 0.15) is 0 Å². The molecule has 1 rings (SSSR count). The number of hydrogen-bond donors (Lipinski definition) is 3. The highest BCUT2D eigenvalue weighted by Crippen LogP contribution is 2.16. The van der Waals surface area contributed by atoms with Crippen molar-refractivity contribution in [2.75, 3.05) is 39.3 Å². The average Bonchev–Trinajstić information content (AvgIpc) is 2.55. The van der Waals surface area contributed by atoms with Crippen molar-refractivity contribution in [3.8, 4) is 0 Å². The minimum Gasteiger partial charge on any atom is -0.369 e. The third-order valence-electron chi connectivity index (χ3n) is 4.31. The second-order valence-electron chi connectivity index (χ2n) is 6.27. The number of rotatable bonds is 10. The van der Waals surface area contributed by atoms with E-state index in [4.69, 9.17) is 5.73 Å². The van der Waals surface area contributed by atoms with Gasteiger partial charge in [-0.15, -0.1) is 0 Å². The molecular weight excluding hydrogens is 290 g/mol. The van der Waals surface area contributed by atoms with Crippen molar-refractivity contribution in [1.29, 1.82) is 0 Å². The number of carbonyl (C=O) groups excluding carboxylic acids is 1. The van der Waals surface area contributed by atoms with Crippen LogP contribution in [0.3, 0.4) is 0 Å². The number of likely N-dealkylation sites (tertiary alicyclic amines) is 1. The van der Waals surface area contributed by atoms with Gasteiger partial charge in [0, 0.05) is 25.6 Å². The first-order valence-electron chi connectivity index (χ1n) is 9.21. The van der Waals surface area contributed by atoms with Crippen LogP contribution in [0.5, 0.6) is 0 Å². The zero-order chi connectivity index (χ0) is 16.9. The molecule has 0 aromatic heterocycles. The predicted molar refractivity (Wildman–Crippen MR) is 96.5 cm³/mol. The second kappa shape index (κ2) is 12.2. The highest BCUT2D eigenvalue weighted by Gasteiger charge is 2.22. The number of carbonyl (C=O) groups is 1. The lowest BCUT2D eigenvalue weighted by atomic mass is 9.96. The van der Waals surface area contributed by atoms with Gasteiger partial charge >= 0.3 is 0 Å².